The lowest BCUT2D eigenvalue weighted by atomic mass is 9.89. The summed E-state index contributed by atoms with van der Waals surface area (Å²) in [7, 11) is 0. The normalized spacial score (nSPS) is 16.4. The molecule has 2 nitrogen and oxygen atoms in total. The Morgan fingerprint density at radius 3 is 2.70 bits per heavy atom. The summed E-state index contributed by atoms with van der Waals surface area (Å²) < 4.78 is 0. The number of hydrogen-bond acceptors (Lipinski definition) is 3. The Morgan fingerprint density at radius 1 is 1.10 bits per heavy atom. The summed E-state index contributed by atoms with van der Waals surface area (Å²) in [6, 6.07) is 10.5. The quantitative estimate of drug-likeness (QED) is 0.876. The van der Waals surface area contributed by atoms with Gasteiger partial charge in [0, 0.05) is 12.7 Å². The highest BCUT2D eigenvalue weighted by Crippen LogP contribution is 2.26. The minimum Gasteiger partial charge on any atom is -0.310 e. The Kier molecular flexibility index (Phi) is 4.82. The van der Waals surface area contributed by atoms with E-state index in [0.29, 0.717) is 0 Å². The first-order valence-electron chi connectivity index (χ1n) is 7.62. The molecule has 1 aliphatic rings. The van der Waals surface area contributed by atoms with E-state index in [9.17, 15) is 0 Å². The molecular weight excluding hydrogens is 264 g/mol. The summed E-state index contributed by atoms with van der Waals surface area (Å²) in [4.78, 5) is 5.80. The molecule has 0 amide bonds. The van der Waals surface area contributed by atoms with Crippen LogP contribution in [0.2, 0.25) is 0 Å². The molecule has 1 aromatic carbocycles. The molecule has 2 aromatic rings. The van der Waals surface area contributed by atoms with Crippen LogP contribution in [0, 0.1) is 5.92 Å². The van der Waals surface area contributed by atoms with E-state index in [-0.39, 0.29) is 0 Å². The van der Waals surface area contributed by atoms with Crippen molar-refractivity contribution < 1.29 is 0 Å². The van der Waals surface area contributed by atoms with Gasteiger partial charge in [0.1, 0.15) is 5.01 Å². The van der Waals surface area contributed by atoms with Crippen LogP contribution >= 0.6 is 11.3 Å². The van der Waals surface area contributed by atoms with Gasteiger partial charge in [0.05, 0.1) is 4.88 Å². The van der Waals surface area contributed by atoms with Crippen LogP contribution in [0.1, 0.15) is 37.1 Å². The predicted octanol–water partition coefficient (Wildman–Crippen LogP) is 4.48. The number of nitrogens with one attached hydrogen (secondary N) is 1. The summed E-state index contributed by atoms with van der Waals surface area (Å²) >= 11 is 1.80. The summed E-state index contributed by atoms with van der Waals surface area (Å²) in [5.74, 6) is 0.886. The second kappa shape index (κ2) is 7.00. The first-order valence-corrected chi connectivity index (χ1v) is 8.44. The van der Waals surface area contributed by atoms with Crippen molar-refractivity contribution in [2.75, 3.05) is 6.54 Å². The van der Waals surface area contributed by atoms with E-state index in [0.717, 1.165) is 19.0 Å². The molecule has 20 heavy (non-hydrogen) atoms. The number of rotatable bonds is 5. The Labute approximate surface area is 125 Å². The van der Waals surface area contributed by atoms with Crippen LogP contribution in [0.5, 0.6) is 0 Å². The van der Waals surface area contributed by atoms with Gasteiger partial charge in [-0.1, -0.05) is 49.6 Å². The highest BCUT2D eigenvalue weighted by atomic mass is 32.1. The van der Waals surface area contributed by atoms with E-state index in [1.165, 1.54) is 47.6 Å². The standard InChI is InChI=1S/C17H22N2S/c1-3-7-14(8-4-1)11-18-13-17-19-12-16(20-17)15-9-5-2-6-10-15/h2,5-6,9-10,12,14,18H,1,3-4,7-8,11,13H2. The second-order valence-corrected chi connectivity index (χ2v) is 6.73. The molecule has 1 saturated carbocycles. The fourth-order valence-corrected chi connectivity index (χ4v) is 3.80. The molecule has 1 N–H and O–H groups in total. The van der Waals surface area contributed by atoms with Gasteiger partial charge in [-0.2, -0.15) is 0 Å². The maximum Gasteiger partial charge on any atom is 0.107 e. The monoisotopic (exact) mass is 286 g/mol. The second-order valence-electron chi connectivity index (χ2n) is 5.62. The van der Waals surface area contributed by atoms with Crippen molar-refractivity contribution in [3.63, 3.8) is 0 Å². The summed E-state index contributed by atoms with van der Waals surface area (Å²) in [6.07, 6.45) is 9.07. The molecule has 0 bridgehead atoms. The molecule has 1 fully saturated rings. The Hall–Kier alpha value is -1.19. The third kappa shape index (κ3) is 3.68. The molecule has 0 spiro atoms. The third-order valence-electron chi connectivity index (χ3n) is 4.05. The SMILES string of the molecule is c1ccc(-c2cnc(CNCC3CCCCC3)s2)cc1. The van der Waals surface area contributed by atoms with Gasteiger partial charge < -0.3 is 5.32 Å². The fraction of sp³-hybridized carbons (Fsp3) is 0.471. The van der Waals surface area contributed by atoms with Crippen molar-refractivity contribution in [3.8, 4) is 10.4 Å². The first kappa shape index (κ1) is 13.8. The lowest BCUT2D eigenvalue weighted by molar-refractivity contribution is 0.342. The minimum absolute atomic E-state index is 0.886. The number of hydrogen-bond donors (Lipinski definition) is 1. The zero-order valence-corrected chi connectivity index (χ0v) is 12.7. The van der Waals surface area contributed by atoms with Crippen molar-refractivity contribution in [2.45, 2.75) is 38.6 Å². The Balaban J connectivity index is 1.50. The average molecular weight is 286 g/mol. The fourth-order valence-electron chi connectivity index (χ4n) is 2.90. The van der Waals surface area contributed by atoms with Crippen molar-refractivity contribution in [2.24, 2.45) is 5.92 Å². The van der Waals surface area contributed by atoms with Crippen LogP contribution in [0.25, 0.3) is 10.4 Å². The molecule has 1 aromatic heterocycles. The van der Waals surface area contributed by atoms with E-state index < -0.39 is 0 Å². The van der Waals surface area contributed by atoms with Crippen LogP contribution in [-0.4, -0.2) is 11.5 Å². The van der Waals surface area contributed by atoms with Crippen molar-refractivity contribution in [1.82, 2.24) is 10.3 Å². The van der Waals surface area contributed by atoms with Gasteiger partial charge in [-0.05, 0) is 30.9 Å². The third-order valence-corrected chi connectivity index (χ3v) is 5.09. The highest BCUT2D eigenvalue weighted by molar-refractivity contribution is 7.15. The van der Waals surface area contributed by atoms with Crippen LogP contribution in [-0.2, 0) is 6.54 Å². The summed E-state index contributed by atoms with van der Waals surface area (Å²) in [5.41, 5.74) is 1.27. The number of nitrogens with zero attached hydrogens (tertiary/aromatic N) is 1. The zero-order valence-electron chi connectivity index (χ0n) is 11.8. The maximum absolute atomic E-state index is 4.53. The molecule has 0 aliphatic heterocycles. The average Bonchev–Trinajstić information content (AvgIpc) is 2.98. The molecule has 3 heteroatoms. The molecule has 0 unspecified atom stereocenters. The molecule has 3 rings (SSSR count). The van der Waals surface area contributed by atoms with Crippen molar-refractivity contribution in [1.29, 1.82) is 0 Å². The van der Waals surface area contributed by atoms with E-state index in [4.69, 9.17) is 0 Å². The largest absolute Gasteiger partial charge is 0.310 e. The maximum atomic E-state index is 4.53. The Bertz CT molecular complexity index is 515. The predicted molar refractivity (Wildman–Crippen MR) is 85.8 cm³/mol. The minimum atomic E-state index is 0.886. The lowest BCUT2D eigenvalue weighted by Crippen LogP contribution is -2.24. The molecule has 0 atom stereocenters. The molecular formula is C17H22N2S. The Morgan fingerprint density at radius 2 is 1.90 bits per heavy atom. The number of thiazole rings is 1. The van der Waals surface area contributed by atoms with Crippen LogP contribution < -0.4 is 5.32 Å². The van der Waals surface area contributed by atoms with E-state index in [1.807, 2.05) is 6.20 Å². The summed E-state index contributed by atoms with van der Waals surface area (Å²) in [5, 5.41) is 4.78. The van der Waals surface area contributed by atoms with Gasteiger partial charge in [0.15, 0.2) is 0 Å². The molecule has 1 heterocycles. The van der Waals surface area contributed by atoms with Gasteiger partial charge in [-0.15, -0.1) is 11.3 Å². The zero-order chi connectivity index (χ0) is 13.6. The topological polar surface area (TPSA) is 24.9 Å². The number of aromatic nitrogens is 1. The highest BCUT2D eigenvalue weighted by Gasteiger charge is 2.13. The van der Waals surface area contributed by atoms with Gasteiger partial charge in [0.2, 0.25) is 0 Å². The van der Waals surface area contributed by atoms with Gasteiger partial charge in [0.25, 0.3) is 0 Å². The van der Waals surface area contributed by atoms with Crippen LogP contribution in [0.15, 0.2) is 36.5 Å². The molecule has 106 valence electrons. The molecule has 1 aliphatic carbocycles. The first-order chi connectivity index (χ1) is 9.92. The van der Waals surface area contributed by atoms with Crippen LogP contribution in [0.4, 0.5) is 0 Å². The van der Waals surface area contributed by atoms with E-state index in [2.05, 4.69) is 40.6 Å². The molecule has 0 radical (unpaired) electrons. The van der Waals surface area contributed by atoms with Gasteiger partial charge in [-0.3, -0.25) is 0 Å². The van der Waals surface area contributed by atoms with E-state index in [1.54, 1.807) is 11.3 Å². The summed E-state index contributed by atoms with van der Waals surface area (Å²) in [6.45, 7) is 2.06. The van der Waals surface area contributed by atoms with Gasteiger partial charge in [-0.25, -0.2) is 4.98 Å². The number of benzene rings is 1. The van der Waals surface area contributed by atoms with Crippen LogP contribution in [0.3, 0.4) is 0 Å². The molecule has 0 saturated heterocycles. The van der Waals surface area contributed by atoms with Crippen molar-refractivity contribution >= 4 is 11.3 Å². The van der Waals surface area contributed by atoms with Gasteiger partial charge >= 0.3 is 0 Å². The smallest absolute Gasteiger partial charge is 0.107 e. The van der Waals surface area contributed by atoms with Crippen molar-refractivity contribution in [3.05, 3.63) is 41.5 Å². The van der Waals surface area contributed by atoms with E-state index >= 15 is 0 Å². The lowest BCUT2D eigenvalue weighted by Gasteiger charge is -2.21.